The van der Waals surface area contributed by atoms with Crippen molar-refractivity contribution >= 4 is 23.4 Å². The number of carbonyl (C=O) groups excluding carboxylic acids is 1. The molecule has 9 heteroatoms. The summed E-state index contributed by atoms with van der Waals surface area (Å²) in [6, 6.07) is 22.8. The van der Waals surface area contributed by atoms with E-state index in [4.69, 9.17) is 9.47 Å². The molecule has 4 aromatic rings. The SMILES string of the molecule is COc1ccccc1NC(=O)CSc1nnc(COc2ccccc2F)n1-c1ccccc1. The largest absolute Gasteiger partial charge is 0.495 e. The number of hydrogen-bond donors (Lipinski definition) is 1. The minimum absolute atomic E-state index is 0.0107. The third kappa shape index (κ3) is 5.50. The van der Waals surface area contributed by atoms with E-state index >= 15 is 0 Å². The second-order valence-electron chi connectivity index (χ2n) is 6.83. The number of aromatic nitrogens is 3. The van der Waals surface area contributed by atoms with Crippen LogP contribution in [-0.4, -0.2) is 33.5 Å². The number of nitrogens with zero attached hydrogens (tertiary/aromatic N) is 3. The molecule has 0 aliphatic heterocycles. The molecule has 3 aromatic carbocycles. The van der Waals surface area contributed by atoms with Gasteiger partial charge in [0.1, 0.15) is 12.4 Å². The van der Waals surface area contributed by atoms with Gasteiger partial charge in [0, 0.05) is 5.69 Å². The van der Waals surface area contributed by atoms with Gasteiger partial charge in [-0.05, 0) is 36.4 Å². The number of para-hydroxylation sites is 4. The molecule has 1 aromatic heterocycles. The van der Waals surface area contributed by atoms with Crippen LogP contribution in [0.2, 0.25) is 0 Å². The fourth-order valence-electron chi connectivity index (χ4n) is 3.09. The van der Waals surface area contributed by atoms with Crippen LogP contribution < -0.4 is 14.8 Å². The van der Waals surface area contributed by atoms with Gasteiger partial charge in [-0.2, -0.15) is 0 Å². The fourth-order valence-corrected chi connectivity index (χ4v) is 3.86. The van der Waals surface area contributed by atoms with Crippen LogP contribution in [0.15, 0.2) is 84.0 Å². The Bertz CT molecular complexity index is 1230. The number of halogens is 1. The fraction of sp³-hybridized carbons (Fsp3) is 0.125. The maximum Gasteiger partial charge on any atom is 0.234 e. The number of methoxy groups -OCH3 is 1. The van der Waals surface area contributed by atoms with Crippen LogP contribution in [-0.2, 0) is 11.4 Å². The Hall–Kier alpha value is -3.85. The third-order valence-corrected chi connectivity index (χ3v) is 5.55. The first-order valence-corrected chi connectivity index (χ1v) is 11.1. The predicted molar refractivity (Wildman–Crippen MR) is 124 cm³/mol. The quantitative estimate of drug-likeness (QED) is 0.361. The van der Waals surface area contributed by atoms with Crippen molar-refractivity contribution < 1.29 is 18.7 Å². The van der Waals surface area contributed by atoms with Gasteiger partial charge in [-0.25, -0.2) is 4.39 Å². The van der Waals surface area contributed by atoms with Gasteiger partial charge in [0.2, 0.25) is 5.91 Å². The number of ether oxygens (including phenoxy) is 2. The van der Waals surface area contributed by atoms with E-state index in [0.29, 0.717) is 22.4 Å². The second-order valence-corrected chi connectivity index (χ2v) is 7.77. The predicted octanol–water partition coefficient (Wildman–Crippen LogP) is 4.72. The normalized spacial score (nSPS) is 10.6. The van der Waals surface area contributed by atoms with Gasteiger partial charge in [-0.1, -0.05) is 54.2 Å². The average Bonchev–Trinajstić information content (AvgIpc) is 3.26. The molecule has 0 saturated heterocycles. The zero-order chi connectivity index (χ0) is 23.0. The first-order chi connectivity index (χ1) is 16.2. The van der Waals surface area contributed by atoms with Crippen LogP contribution in [0.5, 0.6) is 11.5 Å². The van der Waals surface area contributed by atoms with Gasteiger partial charge >= 0.3 is 0 Å². The Labute approximate surface area is 194 Å². The maximum atomic E-state index is 13.9. The van der Waals surface area contributed by atoms with Crippen LogP contribution in [0.4, 0.5) is 10.1 Å². The molecule has 33 heavy (non-hydrogen) atoms. The first kappa shape index (κ1) is 22.3. The number of carbonyl (C=O) groups is 1. The van der Waals surface area contributed by atoms with Gasteiger partial charge < -0.3 is 14.8 Å². The van der Waals surface area contributed by atoms with Crippen LogP contribution in [0, 0.1) is 5.82 Å². The van der Waals surface area contributed by atoms with Crippen molar-refractivity contribution in [2.75, 3.05) is 18.2 Å². The monoisotopic (exact) mass is 464 g/mol. The minimum Gasteiger partial charge on any atom is -0.495 e. The summed E-state index contributed by atoms with van der Waals surface area (Å²) >= 11 is 1.24. The van der Waals surface area contributed by atoms with Crippen LogP contribution in [0.1, 0.15) is 5.82 Å². The summed E-state index contributed by atoms with van der Waals surface area (Å²) in [5, 5.41) is 11.8. The average molecular weight is 465 g/mol. The van der Waals surface area contributed by atoms with Crippen molar-refractivity contribution in [1.82, 2.24) is 14.8 Å². The lowest BCUT2D eigenvalue weighted by atomic mass is 10.3. The zero-order valence-electron chi connectivity index (χ0n) is 17.8. The zero-order valence-corrected chi connectivity index (χ0v) is 18.6. The summed E-state index contributed by atoms with van der Waals surface area (Å²) in [6.07, 6.45) is 0. The molecule has 4 rings (SSSR count). The summed E-state index contributed by atoms with van der Waals surface area (Å²) in [6.45, 7) is 0.0107. The van der Waals surface area contributed by atoms with Crippen molar-refractivity contribution in [1.29, 1.82) is 0 Å². The summed E-state index contributed by atoms with van der Waals surface area (Å²) in [5.41, 5.74) is 1.40. The van der Waals surface area contributed by atoms with E-state index in [-0.39, 0.29) is 24.0 Å². The van der Waals surface area contributed by atoms with Gasteiger partial charge in [0.15, 0.2) is 22.5 Å². The first-order valence-electron chi connectivity index (χ1n) is 10.1. The molecule has 0 bridgehead atoms. The molecule has 168 valence electrons. The lowest BCUT2D eigenvalue weighted by molar-refractivity contribution is -0.113. The molecule has 0 radical (unpaired) electrons. The highest BCUT2D eigenvalue weighted by Gasteiger charge is 2.17. The number of nitrogens with one attached hydrogen (secondary N) is 1. The van der Waals surface area contributed by atoms with E-state index in [0.717, 1.165) is 5.69 Å². The summed E-state index contributed by atoms with van der Waals surface area (Å²) in [7, 11) is 1.55. The van der Waals surface area contributed by atoms with E-state index in [1.165, 1.54) is 17.8 Å². The molecular formula is C24H21FN4O3S. The van der Waals surface area contributed by atoms with Crippen molar-refractivity contribution in [3.8, 4) is 17.2 Å². The highest BCUT2D eigenvalue weighted by Crippen LogP contribution is 2.26. The molecular weight excluding hydrogens is 443 g/mol. The molecule has 0 unspecified atom stereocenters. The van der Waals surface area contributed by atoms with E-state index in [9.17, 15) is 9.18 Å². The number of hydrogen-bond acceptors (Lipinski definition) is 6. The van der Waals surface area contributed by atoms with E-state index < -0.39 is 5.82 Å². The summed E-state index contributed by atoms with van der Waals surface area (Å²) in [4.78, 5) is 12.5. The van der Waals surface area contributed by atoms with Crippen molar-refractivity contribution in [2.45, 2.75) is 11.8 Å². The van der Waals surface area contributed by atoms with E-state index in [1.807, 2.05) is 42.5 Å². The van der Waals surface area contributed by atoms with E-state index in [1.54, 1.807) is 42.0 Å². The molecule has 7 nitrogen and oxygen atoms in total. The summed E-state index contributed by atoms with van der Waals surface area (Å²) < 4.78 is 26.6. The van der Waals surface area contributed by atoms with Gasteiger partial charge in [0.05, 0.1) is 18.6 Å². The highest BCUT2D eigenvalue weighted by molar-refractivity contribution is 7.99. The van der Waals surface area contributed by atoms with Gasteiger partial charge in [-0.15, -0.1) is 10.2 Å². The molecule has 0 atom stereocenters. The minimum atomic E-state index is -0.453. The Morgan fingerprint density at radius 2 is 1.67 bits per heavy atom. The number of benzene rings is 3. The molecule has 1 N–H and O–H groups in total. The Morgan fingerprint density at radius 1 is 0.970 bits per heavy atom. The Balaban J connectivity index is 1.50. The van der Waals surface area contributed by atoms with E-state index in [2.05, 4.69) is 15.5 Å². The standard InChI is InChI=1S/C24H21FN4O3S/c1-31-21-14-8-6-12-19(21)26-23(30)16-33-24-28-27-22(29(24)17-9-3-2-4-10-17)15-32-20-13-7-5-11-18(20)25/h2-14H,15-16H2,1H3,(H,26,30). The third-order valence-electron chi connectivity index (χ3n) is 4.62. The molecule has 1 heterocycles. The van der Waals surface area contributed by atoms with Gasteiger partial charge in [-0.3, -0.25) is 9.36 Å². The van der Waals surface area contributed by atoms with Gasteiger partial charge in [0.25, 0.3) is 0 Å². The van der Waals surface area contributed by atoms with Crippen molar-refractivity contribution in [3.05, 3.63) is 90.5 Å². The molecule has 1 amide bonds. The molecule has 0 aliphatic rings. The van der Waals surface area contributed by atoms with Crippen molar-refractivity contribution in [2.24, 2.45) is 0 Å². The van der Waals surface area contributed by atoms with Crippen LogP contribution in [0.3, 0.4) is 0 Å². The van der Waals surface area contributed by atoms with Crippen LogP contribution >= 0.6 is 11.8 Å². The Kier molecular flexibility index (Phi) is 7.21. The Morgan fingerprint density at radius 3 is 2.42 bits per heavy atom. The summed E-state index contributed by atoms with van der Waals surface area (Å²) in [5.74, 6) is 0.637. The maximum absolute atomic E-state index is 13.9. The highest BCUT2D eigenvalue weighted by atomic mass is 32.2. The number of amides is 1. The van der Waals surface area contributed by atoms with Crippen molar-refractivity contribution in [3.63, 3.8) is 0 Å². The topological polar surface area (TPSA) is 78.3 Å². The smallest absolute Gasteiger partial charge is 0.234 e. The molecule has 0 fully saturated rings. The number of thioether (sulfide) groups is 1. The number of anilines is 1. The second kappa shape index (κ2) is 10.6. The molecule has 0 aliphatic carbocycles. The van der Waals surface area contributed by atoms with Crippen LogP contribution in [0.25, 0.3) is 5.69 Å². The molecule has 0 saturated carbocycles. The molecule has 0 spiro atoms. The lowest BCUT2D eigenvalue weighted by Gasteiger charge is -2.12. The lowest BCUT2D eigenvalue weighted by Crippen LogP contribution is -2.15. The number of rotatable bonds is 9.